The summed E-state index contributed by atoms with van der Waals surface area (Å²) in [7, 11) is 0. The van der Waals surface area contributed by atoms with Crippen molar-refractivity contribution < 1.29 is 9.53 Å². The summed E-state index contributed by atoms with van der Waals surface area (Å²) < 4.78 is 5.77. The molecule has 2 amide bonds. The van der Waals surface area contributed by atoms with E-state index in [1.54, 1.807) is 12.1 Å². The van der Waals surface area contributed by atoms with Crippen molar-refractivity contribution in [3.05, 3.63) is 59.1 Å². The minimum atomic E-state index is -0.0701. The summed E-state index contributed by atoms with van der Waals surface area (Å²) in [6.45, 7) is 3.90. The highest BCUT2D eigenvalue weighted by atomic mass is 35.5. The van der Waals surface area contributed by atoms with Crippen LogP contribution in [0.25, 0.3) is 0 Å². The monoisotopic (exact) mass is 371 g/mol. The Morgan fingerprint density at radius 3 is 2.69 bits per heavy atom. The third-order valence-corrected chi connectivity index (χ3v) is 5.28. The summed E-state index contributed by atoms with van der Waals surface area (Å²) in [6, 6.07) is 15.8. The Morgan fingerprint density at radius 2 is 1.88 bits per heavy atom. The molecule has 2 aromatic rings. The molecule has 2 aliphatic rings. The van der Waals surface area contributed by atoms with Gasteiger partial charge in [-0.05, 0) is 24.3 Å². The highest BCUT2D eigenvalue weighted by Gasteiger charge is 2.30. The molecule has 6 heteroatoms. The number of carbonyl (C=O) groups is 1. The minimum absolute atomic E-state index is 0.0701. The number of amides is 2. The Labute approximate surface area is 158 Å². The van der Waals surface area contributed by atoms with Gasteiger partial charge in [0.1, 0.15) is 5.75 Å². The van der Waals surface area contributed by atoms with Gasteiger partial charge in [-0.2, -0.15) is 0 Å². The van der Waals surface area contributed by atoms with Crippen LogP contribution in [0.2, 0.25) is 5.02 Å². The number of ether oxygens (including phenoxy) is 1. The van der Waals surface area contributed by atoms with Gasteiger partial charge in [0, 0.05) is 54.9 Å². The predicted octanol–water partition coefficient (Wildman–Crippen LogP) is 4.01. The number of para-hydroxylation sites is 1. The molecule has 1 saturated heterocycles. The normalized spacial score (nSPS) is 20.2. The zero-order valence-electron chi connectivity index (χ0n) is 14.5. The van der Waals surface area contributed by atoms with Crippen LogP contribution >= 0.6 is 11.6 Å². The van der Waals surface area contributed by atoms with Crippen LogP contribution in [0.4, 0.5) is 10.5 Å². The second kappa shape index (κ2) is 7.56. The highest BCUT2D eigenvalue weighted by Crippen LogP contribution is 2.36. The number of piperazine rings is 1. The van der Waals surface area contributed by atoms with Crippen molar-refractivity contribution in [2.75, 3.05) is 38.1 Å². The van der Waals surface area contributed by atoms with Gasteiger partial charge < -0.3 is 15.0 Å². The van der Waals surface area contributed by atoms with E-state index in [0.717, 1.165) is 37.6 Å². The first-order chi connectivity index (χ1) is 12.7. The molecule has 2 heterocycles. The maximum Gasteiger partial charge on any atom is 0.321 e. The van der Waals surface area contributed by atoms with E-state index in [-0.39, 0.29) is 6.03 Å². The van der Waals surface area contributed by atoms with Crippen molar-refractivity contribution in [3.8, 4) is 5.75 Å². The Kier molecular flexibility index (Phi) is 5.00. The fraction of sp³-hybridized carbons (Fsp3) is 0.350. The molecule has 0 aliphatic carbocycles. The van der Waals surface area contributed by atoms with E-state index in [2.05, 4.69) is 22.3 Å². The van der Waals surface area contributed by atoms with Gasteiger partial charge in [-0.15, -0.1) is 0 Å². The Hall–Kier alpha value is -2.24. The molecule has 0 bridgehead atoms. The fourth-order valence-corrected chi connectivity index (χ4v) is 3.90. The number of nitrogens with zero attached hydrogens (tertiary/aromatic N) is 2. The number of carbonyl (C=O) groups excluding carboxylic acids is 1. The largest absolute Gasteiger partial charge is 0.493 e. The molecule has 136 valence electrons. The van der Waals surface area contributed by atoms with Crippen molar-refractivity contribution in [3.63, 3.8) is 0 Å². The summed E-state index contributed by atoms with van der Waals surface area (Å²) in [5, 5.41) is 3.54. The van der Waals surface area contributed by atoms with Crippen LogP contribution in [0.5, 0.6) is 5.75 Å². The molecular formula is C20H22ClN3O2. The minimum Gasteiger partial charge on any atom is -0.493 e. The molecule has 2 aromatic carbocycles. The number of urea groups is 1. The number of fused-ring (bicyclic) bond motifs is 1. The average Bonchev–Trinajstić information content (AvgIpc) is 2.68. The van der Waals surface area contributed by atoms with Crippen LogP contribution in [0.3, 0.4) is 0 Å². The first-order valence-electron chi connectivity index (χ1n) is 8.98. The van der Waals surface area contributed by atoms with Crippen LogP contribution in [-0.2, 0) is 0 Å². The van der Waals surface area contributed by atoms with Gasteiger partial charge in [0.05, 0.1) is 6.61 Å². The molecule has 1 N–H and O–H groups in total. The van der Waals surface area contributed by atoms with Gasteiger partial charge in [-0.1, -0.05) is 35.9 Å². The van der Waals surface area contributed by atoms with E-state index in [9.17, 15) is 4.79 Å². The number of hydrogen-bond acceptors (Lipinski definition) is 3. The van der Waals surface area contributed by atoms with E-state index < -0.39 is 0 Å². The molecule has 4 rings (SSSR count). The summed E-state index contributed by atoms with van der Waals surface area (Å²) in [5.41, 5.74) is 1.99. The third-order valence-electron chi connectivity index (χ3n) is 5.04. The fourth-order valence-electron chi connectivity index (χ4n) is 3.71. The van der Waals surface area contributed by atoms with E-state index in [1.807, 2.05) is 29.2 Å². The first kappa shape index (κ1) is 17.2. The molecule has 0 saturated carbocycles. The lowest BCUT2D eigenvalue weighted by Gasteiger charge is -2.41. The third kappa shape index (κ3) is 3.64. The summed E-state index contributed by atoms with van der Waals surface area (Å²) in [6.07, 6.45) is 0.992. The molecule has 26 heavy (non-hydrogen) atoms. The molecule has 1 fully saturated rings. The molecular weight excluding hydrogens is 350 g/mol. The maximum atomic E-state index is 12.5. The SMILES string of the molecule is O=C(Nc1cccc(Cl)c1)N1CCN(C2CCOc3ccccc32)CC1. The Bertz CT molecular complexity index is 790. The quantitative estimate of drug-likeness (QED) is 0.867. The molecule has 2 aliphatic heterocycles. The Morgan fingerprint density at radius 1 is 1.08 bits per heavy atom. The van der Waals surface area contributed by atoms with Crippen molar-refractivity contribution in [2.45, 2.75) is 12.5 Å². The van der Waals surface area contributed by atoms with Crippen LogP contribution in [-0.4, -0.2) is 48.6 Å². The summed E-state index contributed by atoms with van der Waals surface area (Å²) in [4.78, 5) is 16.8. The zero-order chi connectivity index (χ0) is 17.9. The Balaban J connectivity index is 1.36. The summed E-state index contributed by atoms with van der Waals surface area (Å²) >= 11 is 5.98. The average molecular weight is 372 g/mol. The van der Waals surface area contributed by atoms with Crippen LogP contribution in [0.1, 0.15) is 18.0 Å². The number of nitrogens with one attached hydrogen (secondary N) is 1. The van der Waals surface area contributed by atoms with Gasteiger partial charge in [-0.3, -0.25) is 4.90 Å². The van der Waals surface area contributed by atoms with Crippen LogP contribution in [0, 0.1) is 0 Å². The number of benzene rings is 2. The lowest BCUT2D eigenvalue weighted by molar-refractivity contribution is 0.0886. The second-order valence-corrected chi connectivity index (χ2v) is 7.09. The number of halogens is 1. The number of anilines is 1. The molecule has 1 unspecified atom stereocenters. The van der Waals surface area contributed by atoms with Crippen molar-refractivity contribution in [2.24, 2.45) is 0 Å². The molecule has 5 nitrogen and oxygen atoms in total. The van der Waals surface area contributed by atoms with Gasteiger partial charge >= 0.3 is 6.03 Å². The van der Waals surface area contributed by atoms with Crippen LogP contribution in [0.15, 0.2) is 48.5 Å². The topological polar surface area (TPSA) is 44.8 Å². The second-order valence-electron chi connectivity index (χ2n) is 6.65. The van der Waals surface area contributed by atoms with E-state index in [4.69, 9.17) is 16.3 Å². The van der Waals surface area contributed by atoms with E-state index in [0.29, 0.717) is 24.2 Å². The van der Waals surface area contributed by atoms with Crippen LogP contribution < -0.4 is 10.1 Å². The predicted molar refractivity (Wildman–Crippen MR) is 103 cm³/mol. The van der Waals surface area contributed by atoms with E-state index >= 15 is 0 Å². The molecule has 0 aromatic heterocycles. The molecule has 0 spiro atoms. The zero-order valence-corrected chi connectivity index (χ0v) is 15.3. The van der Waals surface area contributed by atoms with E-state index in [1.165, 1.54) is 5.56 Å². The standard InChI is InChI=1S/C20H22ClN3O2/c21-15-4-3-5-16(14-15)22-20(25)24-11-9-23(10-12-24)18-8-13-26-19-7-2-1-6-17(18)19/h1-7,14,18H,8-13H2,(H,22,25). The molecule has 1 atom stereocenters. The lowest BCUT2D eigenvalue weighted by Crippen LogP contribution is -2.51. The van der Waals surface area contributed by atoms with Gasteiger partial charge in [0.2, 0.25) is 0 Å². The summed E-state index contributed by atoms with van der Waals surface area (Å²) in [5.74, 6) is 0.991. The van der Waals surface area contributed by atoms with Crippen molar-refractivity contribution >= 4 is 23.3 Å². The van der Waals surface area contributed by atoms with Gasteiger partial charge in [0.25, 0.3) is 0 Å². The van der Waals surface area contributed by atoms with Crippen molar-refractivity contribution in [1.82, 2.24) is 9.80 Å². The van der Waals surface area contributed by atoms with Gasteiger partial charge in [-0.25, -0.2) is 4.79 Å². The van der Waals surface area contributed by atoms with Crippen molar-refractivity contribution in [1.29, 1.82) is 0 Å². The van der Waals surface area contributed by atoms with Gasteiger partial charge in [0.15, 0.2) is 0 Å². The smallest absolute Gasteiger partial charge is 0.321 e. The number of hydrogen-bond donors (Lipinski definition) is 1. The molecule has 0 radical (unpaired) electrons. The first-order valence-corrected chi connectivity index (χ1v) is 9.36. The lowest BCUT2D eigenvalue weighted by atomic mass is 9.98. The number of rotatable bonds is 2. The maximum absolute atomic E-state index is 12.5. The highest BCUT2D eigenvalue weighted by molar-refractivity contribution is 6.30.